The van der Waals surface area contributed by atoms with Crippen molar-refractivity contribution in [1.29, 1.82) is 0 Å². The molecule has 0 spiro atoms. The van der Waals surface area contributed by atoms with Crippen LogP contribution in [0.2, 0.25) is 0 Å². The first-order valence-electron chi connectivity index (χ1n) is 7.35. The van der Waals surface area contributed by atoms with Crippen LogP contribution >= 0.6 is 0 Å². The molecule has 2 saturated carbocycles. The molecule has 16 heavy (non-hydrogen) atoms. The Kier molecular flexibility index (Phi) is 3.17. The van der Waals surface area contributed by atoms with E-state index in [4.69, 9.17) is 0 Å². The summed E-state index contributed by atoms with van der Waals surface area (Å²) in [4.78, 5) is 0. The summed E-state index contributed by atoms with van der Waals surface area (Å²) < 4.78 is 0. The van der Waals surface area contributed by atoms with Gasteiger partial charge < -0.3 is 0 Å². The van der Waals surface area contributed by atoms with Crippen LogP contribution in [0.1, 0.15) is 64.2 Å². The fourth-order valence-corrected chi connectivity index (χ4v) is 3.81. The van der Waals surface area contributed by atoms with Crippen LogP contribution in [-0.2, 0) is 0 Å². The molecular weight excluding hydrogens is 192 g/mol. The van der Waals surface area contributed by atoms with Gasteiger partial charge in [-0.2, -0.15) is 0 Å². The average molecular weight is 216 g/mol. The maximum Gasteiger partial charge on any atom is -0.0164 e. The van der Waals surface area contributed by atoms with E-state index in [2.05, 4.69) is 12.2 Å². The minimum absolute atomic E-state index is 0.900. The van der Waals surface area contributed by atoms with E-state index in [0.717, 1.165) is 11.8 Å². The molecule has 0 saturated heterocycles. The van der Waals surface area contributed by atoms with E-state index in [9.17, 15) is 0 Å². The summed E-state index contributed by atoms with van der Waals surface area (Å²) in [6.45, 7) is 0. The van der Waals surface area contributed by atoms with Gasteiger partial charge in [-0.05, 0) is 61.5 Å². The van der Waals surface area contributed by atoms with Gasteiger partial charge in [-0.1, -0.05) is 37.8 Å². The summed E-state index contributed by atoms with van der Waals surface area (Å²) in [6, 6.07) is 0. The van der Waals surface area contributed by atoms with Crippen molar-refractivity contribution >= 4 is 0 Å². The molecule has 0 aromatic heterocycles. The number of hydrogen-bond acceptors (Lipinski definition) is 0. The second-order valence-electron chi connectivity index (χ2n) is 5.91. The predicted octanol–water partition coefficient (Wildman–Crippen LogP) is 5.01. The molecule has 0 aliphatic heterocycles. The van der Waals surface area contributed by atoms with E-state index < -0.39 is 0 Å². The number of fused-ring (bicyclic) bond motifs is 2. The summed E-state index contributed by atoms with van der Waals surface area (Å²) in [7, 11) is 0. The van der Waals surface area contributed by atoms with Gasteiger partial charge in [-0.25, -0.2) is 0 Å². The van der Waals surface area contributed by atoms with Crippen molar-refractivity contribution in [3.05, 3.63) is 23.3 Å². The molecular formula is C16H24. The molecule has 3 aliphatic rings. The maximum absolute atomic E-state index is 2.67. The third-order valence-corrected chi connectivity index (χ3v) is 4.76. The van der Waals surface area contributed by atoms with E-state index in [0.29, 0.717) is 0 Å². The lowest BCUT2D eigenvalue weighted by Crippen LogP contribution is -2.19. The third-order valence-electron chi connectivity index (χ3n) is 4.76. The van der Waals surface area contributed by atoms with Crippen molar-refractivity contribution < 1.29 is 0 Å². The highest BCUT2D eigenvalue weighted by molar-refractivity contribution is 5.37. The zero-order chi connectivity index (χ0) is 10.8. The quantitative estimate of drug-likeness (QED) is 0.533. The Morgan fingerprint density at radius 2 is 1.12 bits per heavy atom. The van der Waals surface area contributed by atoms with Crippen molar-refractivity contribution in [2.75, 3.05) is 0 Å². The van der Waals surface area contributed by atoms with Crippen LogP contribution in [0.5, 0.6) is 0 Å². The highest BCUT2D eigenvalue weighted by atomic mass is 14.3. The molecule has 0 aromatic carbocycles. The zero-order valence-electron chi connectivity index (χ0n) is 10.4. The molecule has 0 nitrogen and oxygen atoms in total. The van der Waals surface area contributed by atoms with Crippen LogP contribution in [0.25, 0.3) is 0 Å². The van der Waals surface area contributed by atoms with Gasteiger partial charge in [-0.3, -0.25) is 0 Å². The lowest BCUT2D eigenvalue weighted by molar-refractivity contribution is 0.351. The molecule has 3 aliphatic carbocycles. The van der Waals surface area contributed by atoms with Gasteiger partial charge in [0.15, 0.2) is 0 Å². The number of rotatable bonds is 0. The van der Waals surface area contributed by atoms with E-state index >= 15 is 0 Å². The first-order chi connectivity index (χ1) is 7.93. The van der Waals surface area contributed by atoms with Gasteiger partial charge in [-0.15, -0.1) is 0 Å². The Morgan fingerprint density at radius 3 is 1.62 bits per heavy atom. The summed E-state index contributed by atoms with van der Waals surface area (Å²) in [5.74, 6) is 1.80. The summed E-state index contributed by atoms with van der Waals surface area (Å²) in [5, 5.41) is 0. The van der Waals surface area contributed by atoms with Crippen molar-refractivity contribution in [2.45, 2.75) is 64.2 Å². The van der Waals surface area contributed by atoms with Gasteiger partial charge >= 0.3 is 0 Å². The van der Waals surface area contributed by atoms with Crippen LogP contribution in [0.15, 0.2) is 23.3 Å². The summed E-state index contributed by atoms with van der Waals surface area (Å²) in [6.07, 6.45) is 19.7. The molecule has 0 N–H and O–H groups in total. The molecule has 2 fully saturated rings. The largest absolute Gasteiger partial charge is 0.0773 e. The van der Waals surface area contributed by atoms with Gasteiger partial charge in [0.05, 0.1) is 0 Å². The second kappa shape index (κ2) is 4.77. The molecule has 3 rings (SSSR count). The summed E-state index contributed by atoms with van der Waals surface area (Å²) >= 11 is 0. The van der Waals surface area contributed by atoms with Crippen molar-refractivity contribution in [1.82, 2.24) is 0 Å². The Labute approximate surface area is 99.8 Å². The first kappa shape index (κ1) is 10.6. The van der Waals surface area contributed by atoms with Crippen molar-refractivity contribution in [3.63, 3.8) is 0 Å². The molecule has 88 valence electrons. The molecule has 0 radical (unpaired) electrons. The molecule has 0 heterocycles. The van der Waals surface area contributed by atoms with E-state index in [1.807, 2.05) is 0 Å². The van der Waals surface area contributed by atoms with Crippen LogP contribution in [-0.4, -0.2) is 0 Å². The van der Waals surface area contributed by atoms with Crippen LogP contribution < -0.4 is 0 Å². The van der Waals surface area contributed by atoms with Gasteiger partial charge in [0, 0.05) is 0 Å². The lowest BCUT2D eigenvalue weighted by atomic mass is 9.73. The van der Waals surface area contributed by atoms with Crippen molar-refractivity contribution in [2.24, 2.45) is 11.8 Å². The van der Waals surface area contributed by atoms with Crippen molar-refractivity contribution in [3.8, 4) is 0 Å². The second-order valence-corrected chi connectivity index (χ2v) is 5.91. The summed E-state index contributed by atoms with van der Waals surface area (Å²) in [5.41, 5.74) is 3.46. The smallest absolute Gasteiger partial charge is 0.0164 e. The number of hydrogen-bond donors (Lipinski definition) is 0. The zero-order valence-corrected chi connectivity index (χ0v) is 10.4. The minimum atomic E-state index is 0.900. The topological polar surface area (TPSA) is 0 Å². The highest BCUT2D eigenvalue weighted by Crippen LogP contribution is 2.41. The van der Waals surface area contributed by atoms with Crippen LogP contribution in [0, 0.1) is 11.8 Å². The number of allylic oxidation sites excluding steroid dienone is 4. The van der Waals surface area contributed by atoms with E-state index in [-0.39, 0.29) is 0 Å². The lowest BCUT2D eigenvalue weighted by Gasteiger charge is -2.33. The highest BCUT2D eigenvalue weighted by Gasteiger charge is 2.26. The first-order valence-corrected chi connectivity index (χ1v) is 7.35. The Balaban J connectivity index is 1.80. The van der Waals surface area contributed by atoms with Gasteiger partial charge in [0.25, 0.3) is 0 Å². The van der Waals surface area contributed by atoms with E-state index in [1.54, 1.807) is 11.1 Å². The standard InChI is InChI=1S/C16H24/c1-2-4-8-14-12-16-10-6-5-9-15(16)11-13(14)7-3-1/h11-14H,1-10H2/t13-,14+. The third kappa shape index (κ3) is 2.12. The fourth-order valence-electron chi connectivity index (χ4n) is 3.81. The van der Waals surface area contributed by atoms with Crippen LogP contribution in [0.4, 0.5) is 0 Å². The minimum Gasteiger partial charge on any atom is -0.0773 e. The molecule has 2 atom stereocenters. The predicted molar refractivity (Wildman–Crippen MR) is 69.3 cm³/mol. The average Bonchev–Trinajstić information content (AvgIpc) is 2.29. The fraction of sp³-hybridized carbons (Fsp3) is 0.750. The molecule has 0 aromatic rings. The SMILES string of the molecule is C1=C2CCCCC2=C[C@H]2CCCCCC[C@@H]12. The molecule has 0 heteroatoms. The normalized spacial score (nSPS) is 35.0. The molecule has 0 amide bonds. The van der Waals surface area contributed by atoms with Gasteiger partial charge in [0.1, 0.15) is 0 Å². The molecule has 0 bridgehead atoms. The van der Waals surface area contributed by atoms with Gasteiger partial charge in [0.2, 0.25) is 0 Å². The monoisotopic (exact) mass is 216 g/mol. The Hall–Kier alpha value is -0.520. The Morgan fingerprint density at radius 1 is 0.625 bits per heavy atom. The van der Waals surface area contributed by atoms with Crippen LogP contribution in [0.3, 0.4) is 0 Å². The van der Waals surface area contributed by atoms with E-state index in [1.165, 1.54) is 64.2 Å². The molecule has 0 unspecified atom stereocenters. The Bertz CT molecular complexity index is 276. The maximum atomic E-state index is 2.67.